The molecule has 4 nitrogen and oxygen atoms in total. The van der Waals surface area contributed by atoms with Crippen molar-refractivity contribution in [2.24, 2.45) is 5.92 Å². The standard InChI is InChI=1S/C10H11NO3S2/c1-5(2)4-11-8-6(16-10(11)14)3-7(15-8)9(12)13/h3,5H,4H2,1-2H3,(H,12,13). The normalized spacial score (nSPS) is 11.4. The summed E-state index contributed by atoms with van der Waals surface area (Å²) in [5, 5.41) is 8.87. The smallest absolute Gasteiger partial charge is 0.345 e. The monoisotopic (exact) mass is 257 g/mol. The molecule has 16 heavy (non-hydrogen) atoms. The highest BCUT2D eigenvalue weighted by Gasteiger charge is 2.15. The molecule has 0 aliphatic heterocycles. The molecule has 0 saturated heterocycles. The molecule has 0 unspecified atom stereocenters. The zero-order chi connectivity index (χ0) is 11.9. The van der Waals surface area contributed by atoms with Gasteiger partial charge in [-0.25, -0.2) is 4.79 Å². The molecule has 0 saturated carbocycles. The van der Waals surface area contributed by atoms with Gasteiger partial charge in [0, 0.05) is 6.54 Å². The van der Waals surface area contributed by atoms with Crippen molar-refractivity contribution >= 4 is 38.2 Å². The third-order valence-corrected chi connectivity index (χ3v) is 4.30. The zero-order valence-corrected chi connectivity index (χ0v) is 10.5. The second kappa shape index (κ2) is 4.03. The van der Waals surface area contributed by atoms with E-state index in [4.69, 9.17) is 5.11 Å². The summed E-state index contributed by atoms with van der Waals surface area (Å²) < 4.78 is 2.44. The van der Waals surface area contributed by atoms with Gasteiger partial charge in [0.05, 0.1) is 4.70 Å². The van der Waals surface area contributed by atoms with Crippen molar-refractivity contribution in [2.45, 2.75) is 20.4 Å². The van der Waals surface area contributed by atoms with Crippen LogP contribution in [0.1, 0.15) is 23.5 Å². The molecular formula is C10H11NO3S2. The Morgan fingerprint density at radius 3 is 2.75 bits per heavy atom. The van der Waals surface area contributed by atoms with Crippen LogP contribution in [-0.2, 0) is 6.54 Å². The number of aromatic nitrogens is 1. The molecule has 1 N–H and O–H groups in total. The lowest BCUT2D eigenvalue weighted by atomic mass is 10.2. The van der Waals surface area contributed by atoms with E-state index in [1.807, 2.05) is 13.8 Å². The van der Waals surface area contributed by atoms with E-state index in [1.165, 1.54) is 11.3 Å². The maximum absolute atomic E-state index is 11.7. The van der Waals surface area contributed by atoms with Crippen LogP contribution >= 0.6 is 22.7 Å². The van der Waals surface area contributed by atoms with Gasteiger partial charge in [-0.1, -0.05) is 25.2 Å². The number of nitrogens with zero attached hydrogens (tertiary/aromatic N) is 1. The minimum Gasteiger partial charge on any atom is -0.477 e. The average molecular weight is 257 g/mol. The highest BCUT2D eigenvalue weighted by molar-refractivity contribution is 7.27. The third kappa shape index (κ3) is 1.90. The van der Waals surface area contributed by atoms with E-state index in [1.54, 1.807) is 10.6 Å². The van der Waals surface area contributed by atoms with E-state index in [0.717, 1.165) is 20.9 Å². The lowest BCUT2D eigenvalue weighted by Crippen LogP contribution is -2.15. The van der Waals surface area contributed by atoms with E-state index in [9.17, 15) is 9.59 Å². The van der Waals surface area contributed by atoms with E-state index in [-0.39, 0.29) is 4.87 Å². The van der Waals surface area contributed by atoms with Gasteiger partial charge in [0.2, 0.25) is 0 Å². The second-order valence-electron chi connectivity index (χ2n) is 3.96. The first-order valence-electron chi connectivity index (χ1n) is 4.85. The van der Waals surface area contributed by atoms with Crippen LogP contribution in [0.4, 0.5) is 0 Å². The Morgan fingerprint density at radius 2 is 2.19 bits per heavy atom. The minimum atomic E-state index is -0.933. The largest absolute Gasteiger partial charge is 0.477 e. The average Bonchev–Trinajstić information content (AvgIpc) is 2.67. The van der Waals surface area contributed by atoms with Crippen LogP contribution in [-0.4, -0.2) is 15.6 Å². The van der Waals surface area contributed by atoms with Gasteiger partial charge in [-0.3, -0.25) is 9.36 Å². The van der Waals surface area contributed by atoms with Crippen LogP contribution in [0.5, 0.6) is 0 Å². The maximum atomic E-state index is 11.7. The molecule has 2 rings (SSSR count). The fraction of sp³-hybridized carbons (Fsp3) is 0.400. The Hall–Kier alpha value is -1.14. The van der Waals surface area contributed by atoms with Crippen molar-refractivity contribution in [1.82, 2.24) is 4.57 Å². The van der Waals surface area contributed by atoms with Gasteiger partial charge in [-0.2, -0.15) is 0 Å². The summed E-state index contributed by atoms with van der Waals surface area (Å²) >= 11 is 2.28. The number of thiophene rings is 1. The number of carbonyl (C=O) groups is 1. The molecule has 6 heteroatoms. The third-order valence-electron chi connectivity index (χ3n) is 2.10. The fourth-order valence-corrected chi connectivity index (χ4v) is 3.61. The van der Waals surface area contributed by atoms with Crippen molar-refractivity contribution in [3.63, 3.8) is 0 Å². The van der Waals surface area contributed by atoms with Crippen molar-refractivity contribution in [3.05, 3.63) is 20.6 Å². The van der Waals surface area contributed by atoms with E-state index < -0.39 is 5.97 Å². The predicted octanol–water partition coefficient (Wildman–Crippen LogP) is 2.48. The molecule has 0 radical (unpaired) electrons. The Balaban J connectivity index is 2.58. The topological polar surface area (TPSA) is 59.3 Å². The Kier molecular flexibility index (Phi) is 2.86. The van der Waals surface area contributed by atoms with Crippen LogP contribution < -0.4 is 4.87 Å². The number of thiazole rings is 1. The van der Waals surface area contributed by atoms with Crippen molar-refractivity contribution in [1.29, 1.82) is 0 Å². The number of hydrogen-bond acceptors (Lipinski definition) is 4. The number of aromatic carboxylic acids is 1. The minimum absolute atomic E-state index is 0.00751. The van der Waals surface area contributed by atoms with Crippen molar-refractivity contribution in [3.8, 4) is 0 Å². The number of carboxylic acid groups (broad SMARTS) is 1. The zero-order valence-electron chi connectivity index (χ0n) is 8.89. The predicted molar refractivity (Wildman–Crippen MR) is 65.8 cm³/mol. The van der Waals surface area contributed by atoms with Gasteiger partial charge in [0.25, 0.3) is 0 Å². The van der Waals surface area contributed by atoms with Gasteiger partial charge in [-0.05, 0) is 12.0 Å². The maximum Gasteiger partial charge on any atom is 0.345 e. The molecule has 0 atom stereocenters. The first kappa shape index (κ1) is 11.3. The first-order valence-corrected chi connectivity index (χ1v) is 6.49. The summed E-state index contributed by atoms with van der Waals surface area (Å²) in [6.07, 6.45) is 0. The summed E-state index contributed by atoms with van der Waals surface area (Å²) in [4.78, 5) is 23.5. The number of carboxylic acids is 1. The summed E-state index contributed by atoms with van der Waals surface area (Å²) in [6.45, 7) is 4.70. The highest BCUT2D eigenvalue weighted by Crippen LogP contribution is 2.28. The molecule has 0 amide bonds. The lowest BCUT2D eigenvalue weighted by Gasteiger charge is -2.04. The summed E-state index contributed by atoms with van der Waals surface area (Å²) in [7, 11) is 0. The van der Waals surface area contributed by atoms with Crippen LogP contribution in [0, 0.1) is 5.92 Å². The Labute approximate surface area is 99.8 Å². The summed E-state index contributed by atoms with van der Waals surface area (Å²) in [5.41, 5.74) is 0. The molecule has 0 aromatic carbocycles. The number of fused-ring (bicyclic) bond motifs is 1. The molecule has 0 aliphatic rings. The fourth-order valence-electron chi connectivity index (χ4n) is 1.49. The number of rotatable bonds is 3. The molecule has 2 heterocycles. The SMILES string of the molecule is CC(C)Cn1c(=O)sc2cc(C(=O)O)sc21. The van der Waals surface area contributed by atoms with Gasteiger partial charge in [0.15, 0.2) is 0 Å². The summed E-state index contributed by atoms with van der Waals surface area (Å²) in [6, 6.07) is 1.57. The van der Waals surface area contributed by atoms with Gasteiger partial charge in [0.1, 0.15) is 9.71 Å². The molecule has 0 bridgehead atoms. The number of hydrogen-bond donors (Lipinski definition) is 1. The van der Waals surface area contributed by atoms with Crippen LogP contribution in [0.3, 0.4) is 0 Å². The van der Waals surface area contributed by atoms with Crippen molar-refractivity contribution < 1.29 is 9.90 Å². The van der Waals surface area contributed by atoms with Gasteiger partial charge >= 0.3 is 10.8 Å². The molecule has 0 aliphatic carbocycles. The Bertz CT molecular complexity index is 591. The van der Waals surface area contributed by atoms with Crippen LogP contribution in [0.2, 0.25) is 0 Å². The Morgan fingerprint density at radius 1 is 1.50 bits per heavy atom. The van der Waals surface area contributed by atoms with Gasteiger partial charge < -0.3 is 5.11 Å². The van der Waals surface area contributed by atoms with Crippen LogP contribution in [0.25, 0.3) is 9.53 Å². The molecule has 2 aromatic heterocycles. The van der Waals surface area contributed by atoms with E-state index in [2.05, 4.69) is 0 Å². The highest BCUT2D eigenvalue weighted by atomic mass is 32.1. The molecule has 0 fully saturated rings. The summed E-state index contributed by atoms with van der Waals surface area (Å²) in [5.74, 6) is -0.567. The molecule has 2 aromatic rings. The van der Waals surface area contributed by atoms with Crippen LogP contribution in [0.15, 0.2) is 10.9 Å². The van der Waals surface area contributed by atoms with E-state index >= 15 is 0 Å². The first-order chi connectivity index (χ1) is 7.49. The van der Waals surface area contributed by atoms with Crippen molar-refractivity contribution in [2.75, 3.05) is 0 Å². The van der Waals surface area contributed by atoms with E-state index in [0.29, 0.717) is 17.3 Å². The lowest BCUT2D eigenvalue weighted by molar-refractivity contribution is 0.0702. The van der Waals surface area contributed by atoms with Gasteiger partial charge in [-0.15, -0.1) is 11.3 Å². The quantitative estimate of drug-likeness (QED) is 0.919. The molecule has 86 valence electrons. The second-order valence-corrected chi connectivity index (χ2v) is 5.98. The molecule has 0 spiro atoms. The molecular weight excluding hydrogens is 246 g/mol.